The van der Waals surface area contributed by atoms with Crippen molar-refractivity contribution in [3.8, 4) is 23.0 Å². The number of thiocarbonyl (C=S) groups is 1. The molecule has 1 heterocycles. The molecule has 2 aliphatic rings. The fourth-order valence-electron chi connectivity index (χ4n) is 5.02. The number of nitrogens with zero attached hydrogens (tertiary/aromatic N) is 1. The van der Waals surface area contributed by atoms with Crippen LogP contribution in [0.1, 0.15) is 24.0 Å². The van der Waals surface area contributed by atoms with E-state index < -0.39 is 0 Å². The minimum atomic E-state index is -0.0612. The second-order valence-electron chi connectivity index (χ2n) is 9.86. The SMILES string of the molecule is COc1ccc(/C=C2\CC(NC(=S)NCCN3CCOCC3)C/C(=C\c3ccc(OC)c(OC)c3)C2=O)cc1OC. The number of ether oxygens (including phenoxy) is 5. The molecule has 0 radical (unpaired) electrons. The minimum Gasteiger partial charge on any atom is -0.493 e. The summed E-state index contributed by atoms with van der Waals surface area (Å²) in [5, 5.41) is 7.35. The maximum atomic E-state index is 13.7. The van der Waals surface area contributed by atoms with E-state index in [-0.39, 0.29) is 11.8 Å². The van der Waals surface area contributed by atoms with E-state index >= 15 is 0 Å². The topological polar surface area (TPSA) is 90.5 Å². The van der Waals surface area contributed by atoms with Gasteiger partial charge in [-0.1, -0.05) is 12.1 Å². The van der Waals surface area contributed by atoms with Crippen LogP contribution in [0.5, 0.6) is 23.0 Å². The Morgan fingerprint density at radius 2 is 1.39 bits per heavy atom. The number of benzene rings is 2. The van der Waals surface area contributed by atoms with Gasteiger partial charge in [-0.15, -0.1) is 0 Å². The fourth-order valence-corrected chi connectivity index (χ4v) is 5.29. The first-order chi connectivity index (χ1) is 19.9. The Hall–Kier alpha value is -3.60. The second-order valence-corrected chi connectivity index (χ2v) is 10.3. The summed E-state index contributed by atoms with van der Waals surface area (Å²) in [4.78, 5) is 16.1. The summed E-state index contributed by atoms with van der Waals surface area (Å²) < 4.78 is 27.1. The van der Waals surface area contributed by atoms with Crippen LogP contribution < -0.4 is 29.6 Å². The number of carbonyl (C=O) groups excluding carboxylic acids is 1. The highest BCUT2D eigenvalue weighted by Gasteiger charge is 2.28. The Labute approximate surface area is 247 Å². The predicted octanol–water partition coefficient (Wildman–Crippen LogP) is 3.72. The fraction of sp³-hybridized carbons (Fsp3) is 0.419. The maximum absolute atomic E-state index is 13.7. The molecule has 2 aromatic carbocycles. The lowest BCUT2D eigenvalue weighted by Gasteiger charge is -2.29. The molecule has 0 aromatic heterocycles. The molecular formula is C31H39N3O6S. The van der Waals surface area contributed by atoms with Crippen LogP contribution in [-0.2, 0) is 9.53 Å². The van der Waals surface area contributed by atoms with Gasteiger partial charge in [-0.25, -0.2) is 0 Å². The van der Waals surface area contributed by atoms with Gasteiger partial charge in [0.05, 0.1) is 41.7 Å². The molecule has 220 valence electrons. The van der Waals surface area contributed by atoms with Crippen molar-refractivity contribution in [2.45, 2.75) is 18.9 Å². The van der Waals surface area contributed by atoms with Crippen molar-refractivity contribution in [1.82, 2.24) is 15.5 Å². The second kappa shape index (κ2) is 14.9. The van der Waals surface area contributed by atoms with Crippen molar-refractivity contribution in [1.29, 1.82) is 0 Å². The summed E-state index contributed by atoms with van der Waals surface area (Å²) in [6, 6.07) is 11.2. The van der Waals surface area contributed by atoms with Crippen molar-refractivity contribution in [3.05, 3.63) is 58.7 Å². The standard InChI is InChI=1S/C31H39N3O6S/c1-36-26-7-5-21(17-28(26)38-3)15-23-19-25(33-31(41)32-9-10-34-11-13-40-14-12-34)20-24(30(23)35)16-22-6-8-27(37-2)29(18-22)39-4/h5-8,15-18,25H,9-14,19-20H2,1-4H3,(H2,32,33,41)/b23-15+,24-16+. The lowest BCUT2D eigenvalue weighted by atomic mass is 9.83. The smallest absolute Gasteiger partial charge is 0.185 e. The molecular weight excluding hydrogens is 542 g/mol. The van der Waals surface area contributed by atoms with Crippen LogP contribution in [0.25, 0.3) is 12.2 Å². The van der Waals surface area contributed by atoms with Crippen LogP contribution in [0.3, 0.4) is 0 Å². The molecule has 1 aliphatic carbocycles. The molecule has 9 nitrogen and oxygen atoms in total. The van der Waals surface area contributed by atoms with Gasteiger partial charge in [0.15, 0.2) is 33.9 Å². The van der Waals surface area contributed by atoms with Crippen LogP contribution in [0.4, 0.5) is 0 Å². The Bertz CT molecular complexity index is 1210. The molecule has 10 heteroatoms. The first kappa shape index (κ1) is 30.4. The average Bonchev–Trinajstić information content (AvgIpc) is 2.99. The summed E-state index contributed by atoms with van der Waals surface area (Å²) in [6.45, 7) is 5.03. The molecule has 4 rings (SSSR count). The van der Waals surface area contributed by atoms with Crippen molar-refractivity contribution in [2.75, 3.05) is 67.8 Å². The van der Waals surface area contributed by atoms with Crippen LogP contribution in [0.2, 0.25) is 0 Å². The first-order valence-electron chi connectivity index (χ1n) is 13.7. The van der Waals surface area contributed by atoms with Gasteiger partial charge in [0.25, 0.3) is 0 Å². The number of rotatable bonds is 10. The van der Waals surface area contributed by atoms with Gasteiger partial charge in [-0.05, 0) is 72.6 Å². The molecule has 0 atom stereocenters. The summed E-state index contributed by atoms with van der Waals surface area (Å²) in [5.74, 6) is 2.47. The number of hydrogen-bond donors (Lipinski definition) is 2. The van der Waals surface area contributed by atoms with E-state index in [9.17, 15) is 4.79 Å². The monoisotopic (exact) mass is 581 g/mol. The molecule has 0 unspecified atom stereocenters. The van der Waals surface area contributed by atoms with Gasteiger partial charge in [0, 0.05) is 43.4 Å². The van der Waals surface area contributed by atoms with Crippen molar-refractivity contribution >= 4 is 35.3 Å². The quantitative estimate of drug-likeness (QED) is 0.320. The zero-order chi connectivity index (χ0) is 29.2. The highest BCUT2D eigenvalue weighted by molar-refractivity contribution is 7.80. The van der Waals surface area contributed by atoms with Gasteiger partial charge in [0.1, 0.15) is 0 Å². The number of nitrogens with one attached hydrogen (secondary N) is 2. The normalized spacial score (nSPS) is 19.6. The molecule has 2 aromatic rings. The third-order valence-electron chi connectivity index (χ3n) is 7.17. The number of carbonyl (C=O) groups is 1. The van der Waals surface area contributed by atoms with Crippen LogP contribution in [0.15, 0.2) is 47.5 Å². The van der Waals surface area contributed by atoms with Crippen molar-refractivity contribution in [2.24, 2.45) is 0 Å². The largest absolute Gasteiger partial charge is 0.493 e. The van der Waals surface area contributed by atoms with Gasteiger partial charge >= 0.3 is 0 Å². The molecule has 0 bridgehead atoms. The molecule has 1 saturated carbocycles. The summed E-state index contributed by atoms with van der Waals surface area (Å²) in [6.07, 6.45) is 4.88. The van der Waals surface area contributed by atoms with Crippen LogP contribution in [0, 0.1) is 0 Å². The molecule has 0 spiro atoms. The lowest BCUT2D eigenvalue weighted by Crippen LogP contribution is -2.47. The highest BCUT2D eigenvalue weighted by atomic mass is 32.1. The Morgan fingerprint density at radius 1 is 0.878 bits per heavy atom. The Balaban J connectivity index is 1.55. The third kappa shape index (κ3) is 8.22. The number of hydrogen-bond acceptors (Lipinski definition) is 8. The molecule has 1 saturated heterocycles. The van der Waals surface area contributed by atoms with Gasteiger partial charge in [-0.3, -0.25) is 9.69 Å². The maximum Gasteiger partial charge on any atom is 0.185 e. The Kier molecular flexibility index (Phi) is 11.0. The van der Waals surface area contributed by atoms with E-state index in [1.54, 1.807) is 28.4 Å². The van der Waals surface area contributed by atoms with Crippen molar-refractivity contribution < 1.29 is 28.5 Å². The average molecular weight is 582 g/mol. The van der Waals surface area contributed by atoms with Gasteiger partial charge in [-0.2, -0.15) is 0 Å². The third-order valence-corrected chi connectivity index (χ3v) is 7.43. The molecule has 2 fully saturated rings. The zero-order valence-corrected chi connectivity index (χ0v) is 25.0. The van der Waals surface area contributed by atoms with E-state index in [2.05, 4.69) is 15.5 Å². The number of methoxy groups -OCH3 is 4. The minimum absolute atomic E-state index is 0.00110. The number of ketones is 1. The number of Topliss-reactive ketones (excluding diaryl/α,β-unsaturated/α-hetero) is 1. The Morgan fingerprint density at radius 3 is 1.88 bits per heavy atom. The summed E-state index contributed by atoms with van der Waals surface area (Å²) in [7, 11) is 6.38. The summed E-state index contributed by atoms with van der Waals surface area (Å²) in [5.41, 5.74) is 3.07. The molecule has 41 heavy (non-hydrogen) atoms. The number of morpholine rings is 1. The van der Waals surface area contributed by atoms with E-state index in [1.165, 1.54) is 0 Å². The van der Waals surface area contributed by atoms with E-state index in [1.807, 2.05) is 48.6 Å². The summed E-state index contributed by atoms with van der Waals surface area (Å²) >= 11 is 5.64. The van der Waals surface area contributed by atoms with Crippen molar-refractivity contribution in [3.63, 3.8) is 0 Å². The molecule has 1 aliphatic heterocycles. The van der Waals surface area contributed by atoms with Crippen LogP contribution >= 0.6 is 12.2 Å². The van der Waals surface area contributed by atoms with E-state index in [0.717, 1.165) is 50.5 Å². The lowest BCUT2D eigenvalue weighted by molar-refractivity contribution is -0.113. The first-order valence-corrected chi connectivity index (χ1v) is 14.1. The van der Waals surface area contributed by atoms with Gasteiger partial charge < -0.3 is 34.3 Å². The van der Waals surface area contributed by atoms with Crippen LogP contribution in [-0.4, -0.2) is 89.7 Å². The van der Waals surface area contributed by atoms with E-state index in [4.69, 9.17) is 35.9 Å². The van der Waals surface area contributed by atoms with Gasteiger partial charge in [0.2, 0.25) is 0 Å². The highest BCUT2D eigenvalue weighted by Crippen LogP contribution is 2.33. The van der Waals surface area contributed by atoms with E-state index in [0.29, 0.717) is 52.1 Å². The predicted molar refractivity (Wildman–Crippen MR) is 164 cm³/mol. The zero-order valence-electron chi connectivity index (χ0n) is 24.2. The molecule has 2 N–H and O–H groups in total. The molecule has 0 amide bonds.